The molecule has 0 spiro atoms. The van der Waals surface area contributed by atoms with E-state index < -0.39 is 0 Å². The molecule has 0 unspecified atom stereocenters. The zero-order chi connectivity index (χ0) is 10.7. The van der Waals surface area contributed by atoms with Gasteiger partial charge in [0.2, 0.25) is 0 Å². The Morgan fingerprint density at radius 2 is 1.86 bits per heavy atom. The number of hydrogen-bond donors (Lipinski definition) is 1. The van der Waals surface area contributed by atoms with E-state index in [9.17, 15) is 0 Å². The molecule has 0 saturated heterocycles. The maximum atomic E-state index is 5.75. The molecule has 78 valence electrons. The summed E-state index contributed by atoms with van der Waals surface area (Å²) in [5.41, 5.74) is 9.73. The molecule has 0 radical (unpaired) electrons. The second-order valence-electron chi connectivity index (χ2n) is 4.06. The largest absolute Gasteiger partial charge is 0.329 e. The number of nitrogens with zero attached hydrogens (tertiary/aromatic N) is 1. The summed E-state index contributed by atoms with van der Waals surface area (Å²) >= 11 is 0. The fourth-order valence-corrected chi connectivity index (χ4v) is 1.62. The Morgan fingerprint density at radius 3 is 2.29 bits per heavy atom. The van der Waals surface area contributed by atoms with E-state index in [1.807, 2.05) is 0 Å². The van der Waals surface area contributed by atoms with Crippen LogP contribution in [0, 0.1) is 13.8 Å². The first-order valence-corrected chi connectivity index (χ1v) is 5.00. The van der Waals surface area contributed by atoms with E-state index in [0.29, 0.717) is 12.6 Å². The first-order chi connectivity index (χ1) is 6.56. The van der Waals surface area contributed by atoms with E-state index in [-0.39, 0.29) is 0 Å². The van der Waals surface area contributed by atoms with Crippen LogP contribution in [-0.4, -0.2) is 25.5 Å². The van der Waals surface area contributed by atoms with Crippen LogP contribution >= 0.6 is 0 Å². The molecule has 2 nitrogen and oxygen atoms in total. The van der Waals surface area contributed by atoms with Crippen molar-refractivity contribution in [1.29, 1.82) is 0 Å². The predicted molar refractivity (Wildman–Crippen MR) is 61.4 cm³/mol. The highest BCUT2D eigenvalue weighted by molar-refractivity contribution is 5.31. The normalized spacial score (nSPS) is 13.3. The molecule has 1 aromatic carbocycles. The van der Waals surface area contributed by atoms with E-state index in [1.54, 1.807) is 0 Å². The van der Waals surface area contributed by atoms with Gasteiger partial charge in [0, 0.05) is 12.6 Å². The Balaban J connectivity index is 3.00. The molecule has 2 heteroatoms. The van der Waals surface area contributed by atoms with E-state index in [0.717, 1.165) is 0 Å². The Hall–Kier alpha value is -0.860. The molecule has 2 N–H and O–H groups in total. The lowest BCUT2D eigenvalue weighted by molar-refractivity contribution is 0.306. The summed E-state index contributed by atoms with van der Waals surface area (Å²) in [5.74, 6) is 0. The van der Waals surface area contributed by atoms with Gasteiger partial charge in [0.15, 0.2) is 0 Å². The molecular weight excluding hydrogens is 172 g/mol. The molecule has 0 aromatic heterocycles. The lowest BCUT2D eigenvalue weighted by atomic mass is 10.0. The number of aryl methyl sites for hydroxylation is 2. The quantitative estimate of drug-likeness (QED) is 0.792. The molecule has 0 saturated carbocycles. The zero-order valence-electron chi connectivity index (χ0n) is 9.54. The van der Waals surface area contributed by atoms with Gasteiger partial charge in [-0.1, -0.05) is 18.2 Å². The van der Waals surface area contributed by atoms with Crippen LogP contribution in [0.3, 0.4) is 0 Å². The second kappa shape index (κ2) is 4.58. The molecule has 0 aliphatic carbocycles. The van der Waals surface area contributed by atoms with E-state index >= 15 is 0 Å². The first-order valence-electron chi connectivity index (χ1n) is 5.00. The van der Waals surface area contributed by atoms with Crippen molar-refractivity contribution >= 4 is 0 Å². The molecule has 0 heterocycles. The van der Waals surface area contributed by atoms with Crippen LogP contribution in [0.1, 0.15) is 22.7 Å². The summed E-state index contributed by atoms with van der Waals surface area (Å²) in [6.07, 6.45) is 0. The van der Waals surface area contributed by atoms with Gasteiger partial charge in [-0.2, -0.15) is 0 Å². The third kappa shape index (κ3) is 2.34. The Morgan fingerprint density at radius 1 is 1.21 bits per heavy atom. The number of nitrogens with two attached hydrogens (primary N) is 1. The molecule has 0 fully saturated rings. The summed E-state index contributed by atoms with van der Waals surface area (Å²) in [4.78, 5) is 2.16. The van der Waals surface area contributed by atoms with Crippen LogP contribution in [0.15, 0.2) is 18.2 Å². The lowest BCUT2D eigenvalue weighted by Gasteiger charge is -2.23. The summed E-state index contributed by atoms with van der Waals surface area (Å²) in [6.45, 7) is 4.93. The van der Waals surface area contributed by atoms with Crippen molar-refractivity contribution in [3.63, 3.8) is 0 Å². The van der Waals surface area contributed by atoms with Crippen LogP contribution in [0.4, 0.5) is 0 Å². The zero-order valence-corrected chi connectivity index (χ0v) is 9.54. The minimum atomic E-state index is 0.328. The van der Waals surface area contributed by atoms with Gasteiger partial charge < -0.3 is 10.6 Å². The number of rotatable bonds is 3. The average molecular weight is 192 g/mol. The first kappa shape index (κ1) is 11.2. The van der Waals surface area contributed by atoms with E-state index in [1.165, 1.54) is 16.7 Å². The molecule has 0 aliphatic rings. The van der Waals surface area contributed by atoms with Gasteiger partial charge >= 0.3 is 0 Å². The highest BCUT2D eigenvalue weighted by Crippen LogP contribution is 2.19. The maximum Gasteiger partial charge on any atom is 0.0464 e. The maximum absolute atomic E-state index is 5.75. The van der Waals surface area contributed by atoms with Gasteiger partial charge in [0.1, 0.15) is 0 Å². The standard InChI is InChI=1S/C12H20N2/c1-9-5-6-11(7-10(9)2)12(8-13)14(3)4/h5-7,12H,8,13H2,1-4H3/t12-/m0/s1. The predicted octanol–water partition coefficient (Wildman–Crippen LogP) is 1.86. The SMILES string of the molecule is Cc1ccc([C@H](CN)N(C)C)cc1C. The summed E-state index contributed by atoms with van der Waals surface area (Å²) < 4.78 is 0. The van der Waals surface area contributed by atoms with E-state index in [4.69, 9.17) is 5.73 Å². The van der Waals surface area contributed by atoms with Crippen molar-refractivity contribution in [1.82, 2.24) is 4.90 Å². The molecule has 1 aromatic rings. The number of likely N-dealkylation sites (N-methyl/N-ethyl adjacent to an activating group) is 1. The fraction of sp³-hybridized carbons (Fsp3) is 0.500. The molecule has 0 aliphatic heterocycles. The Labute approximate surface area is 86.7 Å². The van der Waals surface area contributed by atoms with Crippen LogP contribution in [0.2, 0.25) is 0 Å². The number of hydrogen-bond acceptors (Lipinski definition) is 2. The summed E-state index contributed by atoms with van der Waals surface area (Å²) in [7, 11) is 4.12. The van der Waals surface area contributed by atoms with Crippen molar-refractivity contribution in [2.75, 3.05) is 20.6 Å². The highest BCUT2D eigenvalue weighted by atomic mass is 15.1. The van der Waals surface area contributed by atoms with Crippen LogP contribution < -0.4 is 5.73 Å². The minimum Gasteiger partial charge on any atom is -0.329 e. The fourth-order valence-electron chi connectivity index (χ4n) is 1.62. The summed E-state index contributed by atoms with van der Waals surface area (Å²) in [6, 6.07) is 6.89. The van der Waals surface area contributed by atoms with Gasteiger partial charge in [0.05, 0.1) is 0 Å². The van der Waals surface area contributed by atoms with Crippen molar-refractivity contribution in [3.05, 3.63) is 34.9 Å². The Kier molecular flexibility index (Phi) is 3.67. The van der Waals surface area contributed by atoms with Crippen LogP contribution in [-0.2, 0) is 0 Å². The molecule has 0 amide bonds. The second-order valence-corrected chi connectivity index (χ2v) is 4.06. The molecule has 1 atom stereocenters. The van der Waals surface area contributed by atoms with Crippen molar-refractivity contribution in [2.24, 2.45) is 5.73 Å². The van der Waals surface area contributed by atoms with Gasteiger partial charge in [-0.05, 0) is 44.6 Å². The van der Waals surface area contributed by atoms with Crippen molar-refractivity contribution < 1.29 is 0 Å². The minimum absolute atomic E-state index is 0.328. The number of benzene rings is 1. The third-order valence-electron chi connectivity index (χ3n) is 2.76. The van der Waals surface area contributed by atoms with Crippen molar-refractivity contribution in [3.8, 4) is 0 Å². The Bertz CT molecular complexity index is 305. The van der Waals surface area contributed by atoms with Gasteiger partial charge in [-0.3, -0.25) is 0 Å². The van der Waals surface area contributed by atoms with Crippen molar-refractivity contribution in [2.45, 2.75) is 19.9 Å². The highest BCUT2D eigenvalue weighted by Gasteiger charge is 2.11. The monoisotopic (exact) mass is 192 g/mol. The van der Waals surface area contributed by atoms with Gasteiger partial charge in [0.25, 0.3) is 0 Å². The van der Waals surface area contributed by atoms with Crippen LogP contribution in [0.5, 0.6) is 0 Å². The van der Waals surface area contributed by atoms with Crippen LogP contribution in [0.25, 0.3) is 0 Å². The van der Waals surface area contributed by atoms with E-state index in [2.05, 4.69) is 51.0 Å². The van der Waals surface area contributed by atoms with Gasteiger partial charge in [-0.15, -0.1) is 0 Å². The molecule has 14 heavy (non-hydrogen) atoms. The topological polar surface area (TPSA) is 29.3 Å². The third-order valence-corrected chi connectivity index (χ3v) is 2.76. The van der Waals surface area contributed by atoms with Gasteiger partial charge in [-0.25, -0.2) is 0 Å². The molecule has 0 bridgehead atoms. The molecular formula is C12H20N2. The smallest absolute Gasteiger partial charge is 0.0464 e. The lowest BCUT2D eigenvalue weighted by Crippen LogP contribution is -2.27. The average Bonchev–Trinajstić information content (AvgIpc) is 2.11. The molecule has 1 rings (SSSR count). The summed E-state index contributed by atoms with van der Waals surface area (Å²) in [5, 5.41) is 0.